The summed E-state index contributed by atoms with van der Waals surface area (Å²) in [7, 11) is 0. The molecular weight excluding hydrogens is 302 g/mol. The second-order valence-electron chi connectivity index (χ2n) is 6.10. The molecule has 0 aliphatic heterocycles. The summed E-state index contributed by atoms with van der Waals surface area (Å²) < 4.78 is 4.64. The van der Waals surface area contributed by atoms with E-state index in [1.807, 2.05) is 13.8 Å². The predicted octanol–water partition coefficient (Wildman–Crippen LogP) is 5.29. The summed E-state index contributed by atoms with van der Waals surface area (Å²) in [5, 5.41) is 2.64. The standard InChI is InChI=1S/C14H26O2.C6H11NO/c1-3-5-6-7-8-9-10-11-12-13-14(15)16-4-2;1-4-6(8)7-5(2)3/h4H,2-3,5-13H2,1H3;4-5H,1H2,2-3H3,(H,7,8). The SMILES string of the molecule is C=CC(=O)NC(C)C.C=COC(=O)CCCCCCCCCCC. The Bertz CT molecular complexity index is 338. The number of hydrogen-bond acceptors (Lipinski definition) is 3. The van der Waals surface area contributed by atoms with Crippen LogP contribution in [0.25, 0.3) is 0 Å². The van der Waals surface area contributed by atoms with E-state index < -0.39 is 0 Å². The van der Waals surface area contributed by atoms with Gasteiger partial charge >= 0.3 is 5.97 Å². The third kappa shape index (κ3) is 22.7. The van der Waals surface area contributed by atoms with Gasteiger partial charge in [-0.05, 0) is 26.3 Å². The molecule has 0 saturated carbocycles. The second-order valence-corrected chi connectivity index (χ2v) is 6.10. The summed E-state index contributed by atoms with van der Waals surface area (Å²) in [6.45, 7) is 12.7. The Hall–Kier alpha value is -1.58. The van der Waals surface area contributed by atoms with Crippen LogP contribution in [0.2, 0.25) is 0 Å². The molecule has 0 spiro atoms. The predicted molar refractivity (Wildman–Crippen MR) is 102 cm³/mol. The fourth-order valence-corrected chi connectivity index (χ4v) is 2.08. The molecule has 1 amide bonds. The molecule has 1 N–H and O–H groups in total. The zero-order valence-corrected chi connectivity index (χ0v) is 15.9. The van der Waals surface area contributed by atoms with Crippen LogP contribution in [0.15, 0.2) is 25.5 Å². The first-order valence-electron chi connectivity index (χ1n) is 9.21. The maximum Gasteiger partial charge on any atom is 0.310 e. The van der Waals surface area contributed by atoms with Gasteiger partial charge in [0.25, 0.3) is 0 Å². The molecule has 0 unspecified atom stereocenters. The fourth-order valence-electron chi connectivity index (χ4n) is 2.08. The molecule has 4 nitrogen and oxygen atoms in total. The minimum absolute atomic E-state index is 0.111. The van der Waals surface area contributed by atoms with Crippen molar-refractivity contribution >= 4 is 11.9 Å². The lowest BCUT2D eigenvalue weighted by molar-refractivity contribution is -0.138. The molecule has 0 aromatic heterocycles. The van der Waals surface area contributed by atoms with Crippen molar-refractivity contribution in [2.45, 2.75) is 91.0 Å². The van der Waals surface area contributed by atoms with Gasteiger partial charge in [0.05, 0.1) is 6.26 Å². The minimum Gasteiger partial charge on any atom is -0.435 e. The molecule has 0 aliphatic rings. The van der Waals surface area contributed by atoms with Crippen LogP contribution < -0.4 is 5.32 Å². The number of carbonyl (C=O) groups is 2. The Morgan fingerprint density at radius 1 is 0.958 bits per heavy atom. The Morgan fingerprint density at radius 2 is 1.46 bits per heavy atom. The van der Waals surface area contributed by atoms with E-state index in [0.29, 0.717) is 6.42 Å². The molecule has 140 valence electrons. The first-order chi connectivity index (χ1) is 11.5. The largest absolute Gasteiger partial charge is 0.435 e. The molecule has 24 heavy (non-hydrogen) atoms. The average Bonchev–Trinajstić information content (AvgIpc) is 2.53. The molecule has 4 heteroatoms. The lowest BCUT2D eigenvalue weighted by atomic mass is 10.1. The summed E-state index contributed by atoms with van der Waals surface area (Å²) >= 11 is 0. The van der Waals surface area contributed by atoms with E-state index in [4.69, 9.17) is 0 Å². The number of esters is 1. The Kier molecular flexibility index (Phi) is 20.0. The number of nitrogens with one attached hydrogen (secondary N) is 1. The molecule has 0 rings (SSSR count). The first-order valence-corrected chi connectivity index (χ1v) is 9.21. The molecule has 0 aliphatic carbocycles. The molecule has 0 radical (unpaired) electrons. The Morgan fingerprint density at radius 3 is 1.83 bits per heavy atom. The van der Waals surface area contributed by atoms with E-state index in [1.54, 1.807) is 0 Å². The van der Waals surface area contributed by atoms with Crippen LogP contribution in [0, 0.1) is 0 Å². The van der Waals surface area contributed by atoms with Crippen LogP contribution >= 0.6 is 0 Å². The molecule has 0 bridgehead atoms. The highest BCUT2D eigenvalue weighted by Gasteiger charge is 1.99. The fraction of sp³-hybridized carbons (Fsp3) is 0.700. The van der Waals surface area contributed by atoms with Crippen LogP contribution in [-0.2, 0) is 14.3 Å². The number of amides is 1. The van der Waals surface area contributed by atoms with Crippen molar-refractivity contribution in [2.24, 2.45) is 0 Å². The summed E-state index contributed by atoms with van der Waals surface area (Å²) in [4.78, 5) is 21.3. The van der Waals surface area contributed by atoms with Gasteiger partial charge in [-0.2, -0.15) is 0 Å². The zero-order valence-electron chi connectivity index (χ0n) is 15.9. The molecule has 0 heterocycles. The van der Waals surface area contributed by atoms with Crippen molar-refractivity contribution in [2.75, 3.05) is 0 Å². The van der Waals surface area contributed by atoms with Gasteiger partial charge in [0.2, 0.25) is 5.91 Å². The van der Waals surface area contributed by atoms with Crippen LogP contribution in [0.5, 0.6) is 0 Å². The molecule has 0 fully saturated rings. The van der Waals surface area contributed by atoms with Crippen LogP contribution in [0.1, 0.15) is 85.0 Å². The highest BCUT2D eigenvalue weighted by molar-refractivity contribution is 5.86. The van der Waals surface area contributed by atoms with Crippen LogP contribution in [0.3, 0.4) is 0 Å². The summed E-state index contributed by atoms with van der Waals surface area (Å²) in [6.07, 6.45) is 14.4. The van der Waals surface area contributed by atoms with Crippen LogP contribution in [-0.4, -0.2) is 17.9 Å². The summed E-state index contributed by atoms with van der Waals surface area (Å²) in [5.74, 6) is -0.266. The van der Waals surface area contributed by atoms with Crippen molar-refractivity contribution in [3.63, 3.8) is 0 Å². The lowest BCUT2D eigenvalue weighted by Crippen LogP contribution is -2.27. The van der Waals surface area contributed by atoms with Gasteiger partial charge < -0.3 is 10.1 Å². The highest BCUT2D eigenvalue weighted by Crippen LogP contribution is 2.10. The van der Waals surface area contributed by atoms with Gasteiger partial charge in [0, 0.05) is 12.5 Å². The van der Waals surface area contributed by atoms with E-state index in [9.17, 15) is 9.59 Å². The van der Waals surface area contributed by atoms with Gasteiger partial charge in [-0.1, -0.05) is 71.4 Å². The summed E-state index contributed by atoms with van der Waals surface area (Å²) in [6, 6.07) is 0.209. The molecule has 0 saturated heterocycles. The lowest BCUT2D eigenvalue weighted by Gasteiger charge is -2.02. The molecule has 0 aromatic carbocycles. The van der Waals surface area contributed by atoms with Crippen molar-refractivity contribution in [3.8, 4) is 0 Å². The third-order valence-electron chi connectivity index (χ3n) is 3.32. The number of ether oxygens (including phenoxy) is 1. The smallest absolute Gasteiger partial charge is 0.310 e. The second kappa shape index (κ2) is 19.5. The maximum atomic E-state index is 11.0. The highest BCUT2D eigenvalue weighted by atomic mass is 16.5. The van der Waals surface area contributed by atoms with Crippen molar-refractivity contribution in [3.05, 3.63) is 25.5 Å². The first kappa shape index (κ1) is 24.7. The number of rotatable bonds is 13. The van der Waals surface area contributed by atoms with Gasteiger partial charge in [-0.15, -0.1) is 0 Å². The van der Waals surface area contributed by atoms with E-state index in [0.717, 1.165) is 12.8 Å². The van der Waals surface area contributed by atoms with Crippen molar-refractivity contribution < 1.29 is 14.3 Å². The topological polar surface area (TPSA) is 55.4 Å². The quantitative estimate of drug-likeness (QED) is 0.215. The van der Waals surface area contributed by atoms with Crippen molar-refractivity contribution in [1.82, 2.24) is 5.32 Å². The zero-order chi connectivity index (χ0) is 18.6. The van der Waals surface area contributed by atoms with E-state index in [2.05, 4.69) is 30.1 Å². The van der Waals surface area contributed by atoms with Gasteiger partial charge in [-0.25, -0.2) is 0 Å². The number of hydrogen-bond donors (Lipinski definition) is 1. The van der Waals surface area contributed by atoms with Gasteiger partial charge in [-0.3, -0.25) is 9.59 Å². The maximum absolute atomic E-state index is 11.0. The molecule has 0 aromatic rings. The number of carbonyl (C=O) groups excluding carboxylic acids is 2. The Labute approximate surface area is 148 Å². The third-order valence-corrected chi connectivity index (χ3v) is 3.32. The van der Waals surface area contributed by atoms with E-state index >= 15 is 0 Å². The minimum atomic E-state index is -0.155. The number of unbranched alkanes of at least 4 members (excludes halogenated alkanes) is 8. The normalized spacial score (nSPS) is 9.67. The van der Waals surface area contributed by atoms with Crippen molar-refractivity contribution in [1.29, 1.82) is 0 Å². The van der Waals surface area contributed by atoms with Gasteiger partial charge in [0.1, 0.15) is 0 Å². The molecule has 0 atom stereocenters. The Balaban J connectivity index is 0. The molecular formula is C20H37NO3. The van der Waals surface area contributed by atoms with Crippen LogP contribution in [0.4, 0.5) is 0 Å². The van der Waals surface area contributed by atoms with E-state index in [1.165, 1.54) is 57.3 Å². The average molecular weight is 340 g/mol. The van der Waals surface area contributed by atoms with Gasteiger partial charge in [0.15, 0.2) is 0 Å². The summed E-state index contributed by atoms with van der Waals surface area (Å²) in [5.41, 5.74) is 0. The van der Waals surface area contributed by atoms with E-state index in [-0.39, 0.29) is 17.9 Å². The monoisotopic (exact) mass is 339 g/mol.